The van der Waals surface area contributed by atoms with E-state index in [1.165, 1.54) is 12.1 Å². The molecule has 1 fully saturated rings. The molecule has 0 saturated heterocycles. The molecule has 1 N–H and O–H groups in total. The second-order valence-corrected chi connectivity index (χ2v) is 8.89. The van der Waals surface area contributed by atoms with Gasteiger partial charge in [0.15, 0.2) is 0 Å². The molecule has 0 amide bonds. The lowest BCUT2D eigenvalue weighted by molar-refractivity contribution is 0.0471. The van der Waals surface area contributed by atoms with Crippen LogP contribution in [0.5, 0.6) is 0 Å². The molecule has 5 nitrogen and oxygen atoms in total. The average Bonchev–Trinajstić information content (AvgIpc) is 3.43. The fraction of sp³-hybridized carbons (Fsp3) is 0.316. The molecule has 138 valence electrons. The van der Waals surface area contributed by atoms with Gasteiger partial charge in [0, 0.05) is 10.9 Å². The molecule has 0 aromatic heterocycles. The van der Waals surface area contributed by atoms with Crippen LogP contribution in [0, 0.1) is 6.92 Å². The lowest BCUT2D eigenvalue weighted by atomic mass is 10.1. The van der Waals surface area contributed by atoms with Gasteiger partial charge in [-0.1, -0.05) is 18.2 Å². The normalized spacial score (nSPS) is 14.2. The highest BCUT2D eigenvalue weighted by molar-refractivity contribution is 7.98. The van der Waals surface area contributed by atoms with Crippen LogP contribution in [0.4, 0.5) is 0 Å². The maximum Gasteiger partial charge on any atom is 0.338 e. The fourth-order valence-electron chi connectivity index (χ4n) is 2.43. The van der Waals surface area contributed by atoms with Crippen molar-refractivity contribution in [1.82, 2.24) is 4.72 Å². The zero-order chi connectivity index (χ0) is 18.7. The van der Waals surface area contributed by atoms with E-state index in [0.29, 0.717) is 5.56 Å². The summed E-state index contributed by atoms with van der Waals surface area (Å²) in [6, 6.07) is 12.3. The van der Waals surface area contributed by atoms with Gasteiger partial charge in [-0.05, 0) is 61.4 Å². The van der Waals surface area contributed by atoms with E-state index in [1.807, 2.05) is 30.5 Å². The zero-order valence-corrected chi connectivity index (χ0v) is 16.3. The van der Waals surface area contributed by atoms with Crippen molar-refractivity contribution in [3.05, 3.63) is 59.2 Å². The molecule has 0 spiro atoms. The van der Waals surface area contributed by atoms with Gasteiger partial charge in [-0.15, -0.1) is 11.8 Å². The second-order valence-electron chi connectivity index (χ2n) is 6.30. The number of carbonyl (C=O) groups excluding carboxylic acids is 1. The summed E-state index contributed by atoms with van der Waals surface area (Å²) >= 11 is 1.64. The van der Waals surface area contributed by atoms with E-state index in [2.05, 4.69) is 4.72 Å². The summed E-state index contributed by atoms with van der Waals surface area (Å²) < 4.78 is 32.7. The van der Waals surface area contributed by atoms with Gasteiger partial charge in [0.05, 0.1) is 10.5 Å². The van der Waals surface area contributed by atoms with Gasteiger partial charge in [-0.25, -0.2) is 17.9 Å². The average molecular weight is 392 g/mol. The van der Waals surface area contributed by atoms with Crippen LogP contribution < -0.4 is 4.72 Å². The summed E-state index contributed by atoms with van der Waals surface area (Å²) in [7, 11) is -3.60. The van der Waals surface area contributed by atoms with Crippen molar-refractivity contribution in [2.45, 2.75) is 42.2 Å². The minimum atomic E-state index is -3.60. The summed E-state index contributed by atoms with van der Waals surface area (Å²) in [4.78, 5) is 13.7. The summed E-state index contributed by atoms with van der Waals surface area (Å²) in [5.74, 6) is -0.528. The lowest BCUT2D eigenvalue weighted by Gasteiger charge is -2.11. The largest absolute Gasteiger partial charge is 0.457 e. The smallest absolute Gasteiger partial charge is 0.338 e. The Balaban J connectivity index is 1.72. The van der Waals surface area contributed by atoms with Crippen LogP contribution >= 0.6 is 11.8 Å². The predicted molar refractivity (Wildman–Crippen MR) is 102 cm³/mol. The van der Waals surface area contributed by atoms with Crippen LogP contribution in [0.3, 0.4) is 0 Å². The first-order valence-electron chi connectivity index (χ1n) is 8.32. The van der Waals surface area contributed by atoms with Crippen molar-refractivity contribution in [2.75, 3.05) is 6.26 Å². The third kappa shape index (κ3) is 4.66. The molecular weight excluding hydrogens is 370 g/mol. The van der Waals surface area contributed by atoms with Gasteiger partial charge in [0.25, 0.3) is 0 Å². The van der Waals surface area contributed by atoms with Crippen LogP contribution in [0.1, 0.15) is 34.3 Å². The van der Waals surface area contributed by atoms with Crippen LogP contribution in [-0.4, -0.2) is 26.7 Å². The van der Waals surface area contributed by atoms with Crippen molar-refractivity contribution in [1.29, 1.82) is 0 Å². The Kier molecular flexibility index (Phi) is 5.70. The molecule has 1 aliphatic rings. The molecule has 2 aromatic carbocycles. The van der Waals surface area contributed by atoms with Crippen LogP contribution in [0.2, 0.25) is 0 Å². The van der Waals surface area contributed by atoms with Crippen molar-refractivity contribution >= 4 is 27.8 Å². The molecule has 0 unspecified atom stereocenters. The Morgan fingerprint density at radius 2 is 1.88 bits per heavy atom. The minimum Gasteiger partial charge on any atom is -0.457 e. The topological polar surface area (TPSA) is 72.5 Å². The van der Waals surface area contributed by atoms with E-state index in [1.54, 1.807) is 24.8 Å². The molecule has 1 saturated carbocycles. The maximum atomic E-state index is 12.4. The van der Waals surface area contributed by atoms with Gasteiger partial charge in [-0.2, -0.15) is 0 Å². The SMILES string of the molecule is CSc1ccc(COC(=O)c2cc(S(=O)(=O)NC3CC3)ccc2C)cc1. The van der Waals surface area contributed by atoms with E-state index in [9.17, 15) is 13.2 Å². The number of thioether (sulfide) groups is 1. The lowest BCUT2D eigenvalue weighted by Crippen LogP contribution is -2.26. The van der Waals surface area contributed by atoms with Gasteiger partial charge in [0.2, 0.25) is 10.0 Å². The van der Waals surface area contributed by atoms with Crippen LogP contribution in [-0.2, 0) is 21.4 Å². The zero-order valence-electron chi connectivity index (χ0n) is 14.7. The number of rotatable bonds is 7. The molecule has 0 atom stereocenters. The second kappa shape index (κ2) is 7.82. The number of hydrogen-bond donors (Lipinski definition) is 1. The van der Waals surface area contributed by atoms with Gasteiger partial charge < -0.3 is 4.74 Å². The summed E-state index contributed by atoms with van der Waals surface area (Å²) in [6.07, 6.45) is 3.71. The van der Waals surface area contributed by atoms with Crippen molar-refractivity contribution < 1.29 is 17.9 Å². The maximum absolute atomic E-state index is 12.4. The van der Waals surface area contributed by atoms with E-state index in [4.69, 9.17) is 4.74 Å². The highest BCUT2D eigenvalue weighted by Gasteiger charge is 2.28. The molecule has 1 aliphatic carbocycles. The predicted octanol–water partition coefficient (Wildman–Crippen LogP) is 3.51. The number of nitrogens with one attached hydrogen (secondary N) is 1. The highest BCUT2D eigenvalue weighted by atomic mass is 32.2. The highest BCUT2D eigenvalue weighted by Crippen LogP contribution is 2.23. The summed E-state index contributed by atoms with van der Waals surface area (Å²) in [6.45, 7) is 1.90. The molecule has 0 bridgehead atoms. The van der Waals surface area contributed by atoms with Crippen molar-refractivity contribution in [3.63, 3.8) is 0 Å². The number of benzene rings is 2. The molecule has 0 heterocycles. The van der Waals surface area contributed by atoms with Crippen LogP contribution in [0.15, 0.2) is 52.3 Å². The third-order valence-electron chi connectivity index (χ3n) is 4.17. The Labute approximate surface area is 158 Å². The first-order chi connectivity index (χ1) is 12.4. The Morgan fingerprint density at radius 1 is 1.19 bits per heavy atom. The fourth-order valence-corrected chi connectivity index (χ4v) is 4.16. The molecule has 2 aromatic rings. The van der Waals surface area contributed by atoms with Crippen molar-refractivity contribution in [3.8, 4) is 0 Å². The number of aryl methyl sites for hydroxylation is 1. The molecule has 26 heavy (non-hydrogen) atoms. The van der Waals surface area contributed by atoms with Gasteiger partial charge in [0.1, 0.15) is 6.61 Å². The first-order valence-corrected chi connectivity index (χ1v) is 11.0. The Morgan fingerprint density at radius 3 is 2.50 bits per heavy atom. The molecule has 0 aliphatic heterocycles. The monoisotopic (exact) mass is 391 g/mol. The summed E-state index contributed by atoms with van der Waals surface area (Å²) in [5.41, 5.74) is 1.83. The van der Waals surface area contributed by atoms with Gasteiger partial charge >= 0.3 is 5.97 Å². The van der Waals surface area contributed by atoms with E-state index in [-0.39, 0.29) is 23.1 Å². The third-order valence-corrected chi connectivity index (χ3v) is 6.43. The van der Waals surface area contributed by atoms with E-state index >= 15 is 0 Å². The molecular formula is C19H21NO4S2. The van der Waals surface area contributed by atoms with E-state index in [0.717, 1.165) is 23.3 Å². The molecule has 3 rings (SSSR count). The van der Waals surface area contributed by atoms with E-state index < -0.39 is 16.0 Å². The Hall–Kier alpha value is -1.83. The minimum absolute atomic E-state index is 0.0148. The number of carbonyl (C=O) groups is 1. The Bertz CT molecular complexity index is 904. The quantitative estimate of drug-likeness (QED) is 0.578. The molecule has 0 radical (unpaired) electrons. The first kappa shape index (κ1) is 18.9. The number of sulfonamides is 1. The standard InChI is InChI=1S/C19H21NO4S2/c1-13-3-10-17(26(22,23)20-15-6-7-15)11-18(13)19(21)24-12-14-4-8-16(25-2)9-5-14/h3-5,8-11,15,20H,6-7,12H2,1-2H3. The van der Waals surface area contributed by atoms with Crippen molar-refractivity contribution in [2.24, 2.45) is 0 Å². The number of ether oxygens (including phenoxy) is 1. The molecule has 7 heteroatoms. The summed E-state index contributed by atoms with van der Waals surface area (Å²) in [5, 5.41) is 0. The number of esters is 1. The number of hydrogen-bond acceptors (Lipinski definition) is 5. The van der Waals surface area contributed by atoms with Crippen LogP contribution in [0.25, 0.3) is 0 Å². The van der Waals surface area contributed by atoms with Gasteiger partial charge in [-0.3, -0.25) is 0 Å².